The van der Waals surface area contributed by atoms with E-state index in [1.165, 1.54) is 65.6 Å². The molecule has 0 bridgehead atoms. The van der Waals surface area contributed by atoms with E-state index in [-0.39, 0.29) is 0 Å². The summed E-state index contributed by atoms with van der Waals surface area (Å²) < 4.78 is 2.44. The molecule has 0 atom stereocenters. The highest BCUT2D eigenvalue weighted by Gasteiger charge is 2.23. The van der Waals surface area contributed by atoms with Gasteiger partial charge in [0.25, 0.3) is 0 Å². The lowest BCUT2D eigenvalue weighted by atomic mass is 9.92. The molecule has 0 N–H and O–H groups in total. The zero-order valence-corrected chi connectivity index (χ0v) is 35.1. The zero-order chi connectivity index (χ0) is 42.4. The fraction of sp³-hybridized carbons (Fsp3) is 0. The van der Waals surface area contributed by atoms with E-state index in [0.717, 1.165) is 45.0 Å². The van der Waals surface area contributed by atoms with Gasteiger partial charge < -0.3 is 9.47 Å². The maximum atomic E-state index is 2.46. The van der Waals surface area contributed by atoms with Crippen LogP contribution in [0.2, 0.25) is 0 Å². The van der Waals surface area contributed by atoms with E-state index < -0.39 is 0 Å². The molecule has 0 saturated heterocycles. The Kier molecular flexibility index (Phi) is 9.20. The van der Waals surface area contributed by atoms with Gasteiger partial charge in [-0.25, -0.2) is 0 Å². The van der Waals surface area contributed by atoms with E-state index in [9.17, 15) is 0 Å². The molecule has 0 spiro atoms. The van der Waals surface area contributed by atoms with Crippen molar-refractivity contribution >= 4 is 60.4 Å². The summed E-state index contributed by atoms with van der Waals surface area (Å²) >= 11 is 0. The van der Waals surface area contributed by atoms with Gasteiger partial charge in [-0.2, -0.15) is 0 Å². The summed E-state index contributed by atoms with van der Waals surface area (Å²) in [5.74, 6) is 0. The van der Waals surface area contributed by atoms with Gasteiger partial charge in [0.1, 0.15) is 0 Å². The molecular weight excluding hydrogens is 773 g/mol. The quantitative estimate of drug-likeness (QED) is 0.148. The lowest BCUT2D eigenvalue weighted by molar-refractivity contribution is 1.18. The second-order valence-electron chi connectivity index (χ2n) is 16.4. The third-order valence-corrected chi connectivity index (χ3v) is 12.8. The van der Waals surface area contributed by atoms with E-state index >= 15 is 0 Å². The fourth-order valence-corrected chi connectivity index (χ4v) is 9.87. The van der Waals surface area contributed by atoms with E-state index in [2.05, 4.69) is 264 Å². The predicted molar refractivity (Wildman–Crippen MR) is 272 cm³/mol. The zero-order valence-electron chi connectivity index (χ0n) is 35.1. The summed E-state index contributed by atoms with van der Waals surface area (Å²) in [7, 11) is 0. The van der Waals surface area contributed by atoms with Crippen LogP contribution in [-0.2, 0) is 0 Å². The Labute approximate surface area is 373 Å². The summed E-state index contributed by atoms with van der Waals surface area (Å²) in [6.45, 7) is 0. The van der Waals surface area contributed by atoms with Crippen molar-refractivity contribution in [3.63, 3.8) is 0 Å². The van der Waals surface area contributed by atoms with Gasteiger partial charge in [-0.15, -0.1) is 0 Å². The largest absolute Gasteiger partial charge is 0.309 e. The smallest absolute Gasteiger partial charge is 0.0541 e. The van der Waals surface area contributed by atoms with Crippen LogP contribution < -0.4 is 4.90 Å². The minimum Gasteiger partial charge on any atom is -0.309 e. The van der Waals surface area contributed by atoms with Crippen LogP contribution in [0.4, 0.5) is 17.1 Å². The van der Waals surface area contributed by atoms with Crippen molar-refractivity contribution in [2.45, 2.75) is 0 Å². The summed E-state index contributed by atoms with van der Waals surface area (Å²) in [6.07, 6.45) is 0. The third kappa shape index (κ3) is 6.35. The molecule has 11 aromatic carbocycles. The average molecular weight is 815 g/mol. The Bertz CT molecular complexity index is 3610. The lowest BCUT2D eigenvalue weighted by Gasteiger charge is -2.30. The number of rotatable bonds is 8. The molecule has 64 heavy (non-hydrogen) atoms. The number of hydrogen-bond acceptors (Lipinski definition) is 1. The van der Waals surface area contributed by atoms with E-state index in [0.29, 0.717) is 0 Å². The van der Waals surface area contributed by atoms with Crippen LogP contribution in [-0.4, -0.2) is 4.57 Å². The van der Waals surface area contributed by atoms with Crippen molar-refractivity contribution in [3.05, 3.63) is 255 Å². The Balaban J connectivity index is 1.06. The normalized spacial score (nSPS) is 11.4. The van der Waals surface area contributed by atoms with Crippen molar-refractivity contribution in [2.24, 2.45) is 0 Å². The van der Waals surface area contributed by atoms with Crippen LogP contribution in [0.25, 0.3) is 93.5 Å². The Hall–Kier alpha value is -8.46. The van der Waals surface area contributed by atoms with E-state index in [1.54, 1.807) is 0 Å². The maximum absolute atomic E-state index is 2.46. The number of aromatic nitrogens is 1. The standard InChI is InChI=1S/C62H42N2/c1-2-18-45(19-3-1)57-42-48(40-41-53(57)54-27-9-13-32-60(54)64-61-33-14-10-28-55(61)56-29-11-15-34-62(56)64)63(59-35-17-23-44-21-5-7-25-51(44)59)58-31-12-8-26-52(58)47-38-36-46(37-39-47)50-30-16-22-43-20-4-6-24-49(43)50/h1-42H. The number of anilines is 3. The molecule has 0 saturated carbocycles. The van der Waals surface area contributed by atoms with Gasteiger partial charge in [0, 0.05) is 33.0 Å². The van der Waals surface area contributed by atoms with Gasteiger partial charge in [0.2, 0.25) is 0 Å². The van der Waals surface area contributed by atoms with Crippen LogP contribution in [0, 0.1) is 0 Å². The van der Waals surface area contributed by atoms with E-state index in [1.807, 2.05) is 0 Å². The first kappa shape index (κ1) is 37.3. The third-order valence-electron chi connectivity index (χ3n) is 12.8. The molecule has 0 aliphatic rings. The van der Waals surface area contributed by atoms with Crippen molar-refractivity contribution in [1.29, 1.82) is 0 Å². The molecule has 2 heteroatoms. The molecule has 0 fully saturated rings. The van der Waals surface area contributed by atoms with Crippen LogP contribution in [0.15, 0.2) is 255 Å². The number of para-hydroxylation sites is 4. The SMILES string of the molecule is c1ccc(-c2cc(N(c3ccccc3-c3ccc(-c4cccc5ccccc45)cc3)c3cccc4ccccc34)ccc2-c2ccccc2-n2c3ccccc3c3ccccc32)cc1. The summed E-state index contributed by atoms with van der Waals surface area (Å²) in [4.78, 5) is 2.46. The number of benzene rings is 11. The first-order valence-electron chi connectivity index (χ1n) is 22.0. The summed E-state index contributed by atoms with van der Waals surface area (Å²) in [5.41, 5.74) is 16.2. The molecule has 2 nitrogen and oxygen atoms in total. The van der Waals surface area contributed by atoms with Crippen molar-refractivity contribution < 1.29 is 0 Å². The minimum atomic E-state index is 1.08. The lowest BCUT2D eigenvalue weighted by Crippen LogP contribution is -2.12. The second-order valence-corrected chi connectivity index (χ2v) is 16.4. The van der Waals surface area contributed by atoms with Crippen LogP contribution in [0.3, 0.4) is 0 Å². The fourth-order valence-electron chi connectivity index (χ4n) is 9.87. The monoisotopic (exact) mass is 814 g/mol. The van der Waals surface area contributed by atoms with Gasteiger partial charge in [-0.1, -0.05) is 212 Å². The number of nitrogens with zero attached hydrogens (tertiary/aromatic N) is 2. The van der Waals surface area contributed by atoms with Gasteiger partial charge in [-0.3, -0.25) is 0 Å². The highest BCUT2D eigenvalue weighted by atomic mass is 15.1. The molecule has 12 aromatic rings. The molecule has 12 rings (SSSR count). The number of hydrogen-bond donors (Lipinski definition) is 0. The Morgan fingerprint density at radius 1 is 0.266 bits per heavy atom. The molecule has 1 aromatic heterocycles. The van der Waals surface area contributed by atoms with Gasteiger partial charge in [-0.05, 0) is 92.0 Å². The van der Waals surface area contributed by atoms with Crippen molar-refractivity contribution in [3.8, 4) is 50.2 Å². The summed E-state index contributed by atoms with van der Waals surface area (Å²) in [6, 6.07) is 92.8. The highest BCUT2D eigenvalue weighted by Crippen LogP contribution is 2.47. The molecule has 0 aliphatic heterocycles. The predicted octanol–water partition coefficient (Wildman–Crippen LogP) is 17.2. The van der Waals surface area contributed by atoms with Crippen LogP contribution in [0.5, 0.6) is 0 Å². The molecule has 0 radical (unpaired) electrons. The maximum Gasteiger partial charge on any atom is 0.0541 e. The van der Waals surface area contributed by atoms with Crippen LogP contribution >= 0.6 is 0 Å². The van der Waals surface area contributed by atoms with Crippen molar-refractivity contribution in [2.75, 3.05) is 4.90 Å². The Morgan fingerprint density at radius 3 is 1.48 bits per heavy atom. The van der Waals surface area contributed by atoms with Crippen molar-refractivity contribution in [1.82, 2.24) is 4.57 Å². The molecule has 1 heterocycles. The average Bonchev–Trinajstić information content (AvgIpc) is 3.71. The minimum absolute atomic E-state index is 1.08. The van der Waals surface area contributed by atoms with Gasteiger partial charge in [0.05, 0.1) is 28.1 Å². The molecule has 0 aliphatic carbocycles. The highest BCUT2D eigenvalue weighted by molar-refractivity contribution is 6.10. The van der Waals surface area contributed by atoms with Gasteiger partial charge >= 0.3 is 0 Å². The number of fused-ring (bicyclic) bond motifs is 5. The van der Waals surface area contributed by atoms with Gasteiger partial charge in [0.15, 0.2) is 0 Å². The first-order chi connectivity index (χ1) is 31.8. The first-order valence-corrected chi connectivity index (χ1v) is 22.0. The molecule has 0 amide bonds. The summed E-state index contributed by atoms with van der Waals surface area (Å²) in [5, 5.41) is 7.39. The Morgan fingerprint density at radius 2 is 0.750 bits per heavy atom. The molecular formula is C62H42N2. The molecule has 0 unspecified atom stereocenters. The van der Waals surface area contributed by atoms with Crippen LogP contribution in [0.1, 0.15) is 0 Å². The van der Waals surface area contributed by atoms with E-state index in [4.69, 9.17) is 0 Å². The molecule has 300 valence electrons. The topological polar surface area (TPSA) is 8.17 Å². The second kappa shape index (κ2) is 15.8.